The number of benzene rings is 1. The molecule has 0 heterocycles. The van der Waals surface area contributed by atoms with E-state index in [2.05, 4.69) is 12.2 Å². The lowest BCUT2D eigenvalue weighted by Crippen LogP contribution is -2.15. The van der Waals surface area contributed by atoms with Crippen LogP contribution in [0.4, 0.5) is 15.8 Å². The molecule has 17 heavy (non-hydrogen) atoms. The number of rotatable bonds is 6. The van der Waals surface area contributed by atoms with Crippen molar-refractivity contribution in [3.8, 4) is 0 Å². The summed E-state index contributed by atoms with van der Waals surface area (Å²) in [5.74, 6) is -1.12. The summed E-state index contributed by atoms with van der Waals surface area (Å²) < 4.78 is 13.5. The maximum atomic E-state index is 13.5. The van der Waals surface area contributed by atoms with E-state index >= 15 is 0 Å². The Morgan fingerprint density at radius 3 is 2.71 bits per heavy atom. The normalized spacial score (nSPS) is 10.2. The third-order valence-corrected chi connectivity index (χ3v) is 2.50. The molecule has 0 spiro atoms. The smallest absolute Gasteiger partial charge is 0.250 e. The van der Waals surface area contributed by atoms with Gasteiger partial charge in [-0.25, -0.2) is 4.39 Å². The van der Waals surface area contributed by atoms with Crippen LogP contribution in [-0.2, 0) is 0 Å². The summed E-state index contributed by atoms with van der Waals surface area (Å²) >= 11 is 0. The minimum atomic E-state index is -0.654. The highest BCUT2D eigenvalue weighted by molar-refractivity contribution is 5.99. The van der Waals surface area contributed by atoms with Crippen LogP contribution in [0.1, 0.15) is 36.5 Å². The SMILES string of the molecule is CCCCCNc1cc(C(N)=O)c(N)cc1F. The zero-order chi connectivity index (χ0) is 12.8. The Morgan fingerprint density at radius 1 is 1.41 bits per heavy atom. The molecule has 1 amide bonds. The second-order valence-corrected chi connectivity index (χ2v) is 3.92. The molecule has 0 fully saturated rings. The van der Waals surface area contributed by atoms with Gasteiger partial charge in [0.15, 0.2) is 0 Å². The van der Waals surface area contributed by atoms with Gasteiger partial charge in [-0.3, -0.25) is 4.79 Å². The Kier molecular flexibility index (Phi) is 4.75. The molecular formula is C12H18FN3O. The number of hydrogen-bond donors (Lipinski definition) is 3. The van der Waals surface area contributed by atoms with Crippen LogP contribution >= 0.6 is 0 Å². The van der Waals surface area contributed by atoms with E-state index in [4.69, 9.17) is 11.5 Å². The maximum Gasteiger partial charge on any atom is 0.250 e. The highest BCUT2D eigenvalue weighted by Gasteiger charge is 2.11. The average Bonchev–Trinajstić information content (AvgIpc) is 2.26. The van der Waals surface area contributed by atoms with Gasteiger partial charge in [-0.05, 0) is 18.6 Å². The summed E-state index contributed by atoms with van der Waals surface area (Å²) in [7, 11) is 0. The van der Waals surface area contributed by atoms with Gasteiger partial charge in [0.05, 0.1) is 11.3 Å². The van der Waals surface area contributed by atoms with Crippen molar-refractivity contribution in [2.24, 2.45) is 5.73 Å². The first-order valence-corrected chi connectivity index (χ1v) is 5.69. The number of nitrogens with one attached hydrogen (secondary N) is 1. The number of nitrogen functional groups attached to an aromatic ring is 1. The number of primary amides is 1. The minimum absolute atomic E-state index is 0.0640. The summed E-state index contributed by atoms with van der Waals surface area (Å²) in [5.41, 5.74) is 11.1. The van der Waals surface area contributed by atoms with Crippen LogP contribution in [0.25, 0.3) is 0 Å². The monoisotopic (exact) mass is 239 g/mol. The number of nitrogens with two attached hydrogens (primary N) is 2. The van der Waals surface area contributed by atoms with Gasteiger partial charge >= 0.3 is 0 Å². The number of anilines is 2. The fourth-order valence-electron chi connectivity index (χ4n) is 1.54. The molecular weight excluding hydrogens is 221 g/mol. The van der Waals surface area contributed by atoms with Crippen molar-refractivity contribution in [1.29, 1.82) is 0 Å². The molecule has 0 bridgehead atoms. The molecule has 1 rings (SSSR count). The molecule has 0 atom stereocenters. The van der Waals surface area contributed by atoms with Crippen LogP contribution in [0.15, 0.2) is 12.1 Å². The highest BCUT2D eigenvalue weighted by atomic mass is 19.1. The van der Waals surface area contributed by atoms with E-state index in [1.54, 1.807) is 0 Å². The zero-order valence-electron chi connectivity index (χ0n) is 9.92. The zero-order valence-corrected chi connectivity index (χ0v) is 9.92. The molecule has 5 N–H and O–H groups in total. The maximum absolute atomic E-state index is 13.5. The fraction of sp³-hybridized carbons (Fsp3) is 0.417. The predicted octanol–water partition coefficient (Wildman–Crippen LogP) is 2.11. The van der Waals surface area contributed by atoms with E-state index in [0.717, 1.165) is 25.3 Å². The topological polar surface area (TPSA) is 81.1 Å². The van der Waals surface area contributed by atoms with Gasteiger partial charge in [-0.15, -0.1) is 0 Å². The summed E-state index contributed by atoms with van der Waals surface area (Å²) in [4.78, 5) is 11.1. The molecule has 0 aliphatic heterocycles. The molecule has 0 aromatic heterocycles. The van der Waals surface area contributed by atoms with Crippen LogP contribution in [0.5, 0.6) is 0 Å². The van der Waals surface area contributed by atoms with E-state index in [1.165, 1.54) is 6.07 Å². The fourth-order valence-corrected chi connectivity index (χ4v) is 1.54. The number of hydrogen-bond acceptors (Lipinski definition) is 3. The molecule has 94 valence electrons. The van der Waals surface area contributed by atoms with Gasteiger partial charge in [0, 0.05) is 12.2 Å². The first-order valence-electron chi connectivity index (χ1n) is 5.69. The summed E-state index contributed by atoms with van der Waals surface area (Å²) in [5, 5.41) is 2.93. The van der Waals surface area contributed by atoms with Gasteiger partial charge in [0.2, 0.25) is 0 Å². The second-order valence-electron chi connectivity index (χ2n) is 3.92. The summed E-state index contributed by atoms with van der Waals surface area (Å²) in [6.07, 6.45) is 3.12. The van der Waals surface area contributed by atoms with Crippen molar-refractivity contribution in [1.82, 2.24) is 0 Å². The van der Waals surface area contributed by atoms with Crippen LogP contribution in [0, 0.1) is 5.82 Å². The molecule has 0 aliphatic rings. The first-order chi connectivity index (χ1) is 8.06. The predicted molar refractivity (Wildman–Crippen MR) is 67.3 cm³/mol. The Morgan fingerprint density at radius 2 is 2.12 bits per heavy atom. The van der Waals surface area contributed by atoms with Crippen molar-refractivity contribution >= 4 is 17.3 Å². The largest absolute Gasteiger partial charge is 0.398 e. The lowest BCUT2D eigenvalue weighted by molar-refractivity contribution is 0.100. The van der Waals surface area contributed by atoms with Gasteiger partial charge in [0.1, 0.15) is 5.82 Å². The lowest BCUT2D eigenvalue weighted by atomic mass is 10.1. The Bertz CT molecular complexity index is 407. The average molecular weight is 239 g/mol. The lowest BCUT2D eigenvalue weighted by Gasteiger charge is -2.10. The van der Waals surface area contributed by atoms with Gasteiger partial charge in [-0.1, -0.05) is 19.8 Å². The Labute approximate surface area is 100 Å². The Balaban J connectivity index is 2.77. The van der Waals surface area contributed by atoms with E-state index < -0.39 is 11.7 Å². The van der Waals surface area contributed by atoms with Crippen molar-refractivity contribution in [3.05, 3.63) is 23.5 Å². The third kappa shape index (κ3) is 3.62. The van der Waals surface area contributed by atoms with E-state index in [1.807, 2.05) is 0 Å². The Hall–Kier alpha value is -1.78. The van der Waals surface area contributed by atoms with Gasteiger partial charge in [0.25, 0.3) is 5.91 Å². The molecule has 0 aliphatic carbocycles. The van der Waals surface area contributed by atoms with Crippen molar-refractivity contribution < 1.29 is 9.18 Å². The number of carbonyl (C=O) groups excluding carboxylic acids is 1. The standard InChI is InChI=1S/C12H18FN3O/c1-2-3-4-5-16-11-6-8(12(15)17)10(14)7-9(11)13/h6-7,16H,2-5,14H2,1H3,(H2,15,17). The number of unbranched alkanes of at least 4 members (excludes halogenated alkanes) is 2. The van der Waals surface area contributed by atoms with Crippen LogP contribution < -0.4 is 16.8 Å². The second kappa shape index (κ2) is 6.08. The van der Waals surface area contributed by atoms with Crippen molar-refractivity contribution in [2.75, 3.05) is 17.6 Å². The molecule has 4 nitrogen and oxygen atoms in total. The number of amides is 1. The summed E-state index contributed by atoms with van der Waals surface area (Å²) in [6, 6.07) is 2.47. The number of halogens is 1. The van der Waals surface area contributed by atoms with Crippen LogP contribution in [-0.4, -0.2) is 12.5 Å². The van der Waals surface area contributed by atoms with Gasteiger partial charge in [-0.2, -0.15) is 0 Å². The molecule has 1 aromatic rings. The minimum Gasteiger partial charge on any atom is -0.398 e. The van der Waals surface area contributed by atoms with E-state index in [9.17, 15) is 9.18 Å². The van der Waals surface area contributed by atoms with Crippen LogP contribution in [0.2, 0.25) is 0 Å². The molecule has 0 radical (unpaired) electrons. The molecule has 0 saturated carbocycles. The number of carbonyl (C=O) groups is 1. The third-order valence-electron chi connectivity index (χ3n) is 2.50. The van der Waals surface area contributed by atoms with Crippen molar-refractivity contribution in [3.63, 3.8) is 0 Å². The molecule has 0 saturated heterocycles. The van der Waals surface area contributed by atoms with Crippen molar-refractivity contribution in [2.45, 2.75) is 26.2 Å². The first kappa shape index (κ1) is 13.3. The molecule has 0 unspecified atom stereocenters. The van der Waals surface area contributed by atoms with E-state index in [-0.39, 0.29) is 16.9 Å². The molecule has 1 aromatic carbocycles. The highest BCUT2D eigenvalue weighted by Crippen LogP contribution is 2.21. The quantitative estimate of drug-likeness (QED) is 0.525. The van der Waals surface area contributed by atoms with Crippen LogP contribution in [0.3, 0.4) is 0 Å². The molecule has 5 heteroatoms. The van der Waals surface area contributed by atoms with Gasteiger partial charge < -0.3 is 16.8 Å². The summed E-state index contributed by atoms with van der Waals surface area (Å²) in [6.45, 7) is 2.75. The van der Waals surface area contributed by atoms with E-state index in [0.29, 0.717) is 6.54 Å².